The fourth-order valence-electron chi connectivity index (χ4n) is 2.25. The zero-order valence-corrected chi connectivity index (χ0v) is 11.4. The Balaban J connectivity index is 2.00. The highest BCUT2D eigenvalue weighted by molar-refractivity contribution is 6.32. The van der Waals surface area contributed by atoms with E-state index in [1.165, 1.54) is 6.42 Å². The molecule has 4 heteroatoms. The Labute approximate surface area is 113 Å². The van der Waals surface area contributed by atoms with Gasteiger partial charge in [0.2, 0.25) is 5.91 Å². The smallest absolute Gasteiger partial charge is 0.226 e. The highest BCUT2D eigenvalue weighted by Crippen LogP contribution is 2.25. The Bertz CT molecular complexity index is 428. The minimum absolute atomic E-state index is 0.191. The van der Waals surface area contributed by atoms with Gasteiger partial charge >= 0.3 is 0 Å². The number of piperidine rings is 1. The SMILES string of the molecule is COc1ccc(CC(=O)N2CCCCC2)cc1Cl. The van der Waals surface area contributed by atoms with Gasteiger partial charge in [-0.1, -0.05) is 17.7 Å². The second-order valence-corrected chi connectivity index (χ2v) is 4.99. The first-order chi connectivity index (χ1) is 8.70. The number of benzene rings is 1. The van der Waals surface area contributed by atoms with E-state index in [0.29, 0.717) is 17.2 Å². The van der Waals surface area contributed by atoms with Crippen molar-refractivity contribution in [2.45, 2.75) is 25.7 Å². The lowest BCUT2D eigenvalue weighted by Crippen LogP contribution is -2.36. The molecule has 98 valence electrons. The van der Waals surface area contributed by atoms with Gasteiger partial charge in [0.25, 0.3) is 0 Å². The molecule has 0 radical (unpaired) electrons. The number of amides is 1. The van der Waals surface area contributed by atoms with Crippen LogP contribution in [0.1, 0.15) is 24.8 Å². The van der Waals surface area contributed by atoms with Crippen molar-refractivity contribution in [2.75, 3.05) is 20.2 Å². The molecule has 18 heavy (non-hydrogen) atoms. The molecule has 1 aromatic carbocycles. The largest absolute Gasteiger partial charge is 0.495 e. The van der Waals surface area contributed by atoms with Gasteiger partial charge in [-0.2, -0.15) is 0 Å². The fraction of sp³-hybridized carbons (Fsp3) is 0.500. The van der Waals surface area contributed by atoms with E-state index < -0.39 is 0 Å². The maximum atomic E-state index is 12.1. The molecule has 1 aliphatic rings. The summed E-state index contributed by atoms with van der Waals surface area (Å²) in [5.74, 6) is 0.835. The van der Waals surface area contributed by atoms with Crippen LogP contribution in [0, 0.1) is 0 Å². The normalized spacial score (nSPS) is 15.6. The molecule has 1 aromatic rings. The number of hydrogen-bond donors (Lipinski definition) is 0. The van der Waals surface area contributed by atoms with E-state index in [1.807, 2.05) is 17.0 Å². The van der Waals surface area contributed by atoms with E-state index in [2.05, 4.69) is 0 Å². The highest BCUT2D eigenvalue weighted by Gasteiger charge is 2.16. The highest BCUT2D eigenvalue weighted by atomic mass is 35.5. The van der Waals surface area contributed by atoms with Gasteiger partial charge in [-0.15, -0.1) is 0 Å². The third kappa shape index (κ3) is 3.16. The van der Waals surface area contributed by atoms with E-state index in [1.54, 1.807) is 13.2 Å². The van der Waals surface area contributed by atoms with E-state index in [4.69, 9.17) is 16.3 Å². The van der Waals surface area contributed by atoms with Gasteiger partial charge < -0.3 is 9.64 Å². The van der Waals surface area contributed by atoms with Crippen molar-refractivity contribution < 1.29 is 9.53 Å². The summed E-state index contributed by atoms with van der Waals surface area (Å²) in [6.45, 7) is 1.78. The summed E-state index contributed by atoms with van der Waals surface area (Å²) in [5, 5.41) is 0.557. The van der Waals surface area contributed by atoms with Crippen molar-refractivity contribution in [3.8, 4) is 5.75 Å². The van der Waals surface area contributed by atoms with Crippen LogP contribution in [0.15, 0.2) is 18.2 Å². The van der Waals surface area contributed by atoms with Crippen molar-refractivity contribution in [2.24, 2.45) is 0 Å². The Hall–Kier alpha value is -1.22. The average Bonchev–Trinajstić information content (AvgIpc) is 2.40. The predicted molar refractivity (Wildman–Crippen MR) is 72.1 cm³/mol. The van der Waals surface area contributed by atoms with Gasteiger partial charge in [-0.05, 0) is 37.0 Å². The standard InChI is InChI=1S/C14H18ClNO2/c1-18-13-6-5-11(9-12(13)15)10-14(17)16-7-3-2-4-8-16/h5-6,9H,2-4,7-8,10H2,1H3. The maximum Gasteiger partial charge on any atom is 0.226 e. The summed E-state index contributed by atoms with van der Waals surface area (Å²) in [6, 6.07) is 5.51. The first-order valence-corrected chi connectivity index (χ1v) is 6.68. The van der Waals surface area contributed by atoms with Gasteiger partial charge in [0.1, 0.15) is 5.75 Å². The summed E-state index contributed by atoms with van der Waals surface area (Å²) < 4.78 is 5.09. The summed E-state index contributed by atoms with van der Waals surface area (Å²) in [4.78, 5) is 14.0. The van der Waals surface area contributed by atoms with Crippen molar-refractivity contribution in [1.29, 1.82) is 0 Å². The summed E-state index contributed by atoms with van der Waals surface area (Å²) in [5.41, 5.74) is 0.941. The van der Waals surface area contributed by atoms with Crippen LogP contribution in [0.3, 0.4) is 0 Å². The molecular formula is C14H18ClNO2. The number of rotatable bonds is 3. The molecule has 1 aliphatic heterocycles. The number of carbonyl (C=O) groups excluding carboxylic acids is 1. The molecule has 0 aliphatic carbocycles. The maximum absolute atomic E-state index is 12.1. The third-order valence-electron chi connectivity index (χ3n) is 3.28. The van der Waals surface area contributed by atoms with Crippen LogP contribution in [-0.2, 0) is 11.2 Å². The van der Waals surface area contributed by atoms with E-state index in [-0.39, 0.29) is 5.91 Å². The van der Waals surface area contributed by atoms with E-state index in [0.717, 1.165) is 31.5 Å². The summed E-state index contributed by atoms with van der Waals surface area (Å²) in [6.07, 6.45) is 3.89. The molecule has 1 fully saturated rings. The van der Waals surface area contributed by atoms with Crippen molar-refractivity contribution in [3.63, 3.8) is 0 Å². The Kier molecular flexibility index (Phi) is 4.48. The molecule has 1 saturated heterocycles. The van der Waals surface area contributed by atoms with Gasteiger partial charge in [-0.25, -0.2) is 0 Å². The zero-order valence-electron chi connectivity index (χ0n) is 10.6. The number of ether oxygens (including phenoxy) is 1. The van der Waals surface area contributed by atoms with Crippen LogP contribution < -0.4 is 4.74 Å². The molecule has 0 spiro atoms. The Morgan fingerprint density at radius 1 is 1.33 bits per heavy atom. The lowest BCUT2D eigenvalue weighted by molar-refractivity contribution is -0.131. The van der Waals surface area contributed by atoms with E-state index >= 15 is 0 Å². The second kappa shape index (κ2) is 6.10. The molecule has 0 saturated carbocycles. The van der Waals surface area contributed by atoms with Gasteiger partial charge in [0, 0.05) is 13.1 Å². The number of nitrogens with zero attached hydrogens (tertiary/aromatic N) is 1. The predicted octanol–water partition coefficient (Wildman–Crippen LogP) is 2.90. The first-order valence-electron chi connectivity index (χ1n) is 6.31. The molecule has 2 rings (SSSR count). The molecular weight excluding hydrogens is 250 g/mol. The quantitative estimate of drug-likeness (QED) is 0.843. The van der Waals surface area contributed by atoms with Crippen LogP contribution in [0.4, 0.5) is 0 Å². The minimum atomic E-state index is 0.191. The number of carbonyl (C=O) groups is 1. The average molecular weight is 268 g/mol. The van der Waals surface area contributed by atoms with Crippen molar-refractivity contribution >= 4 is 17.5 Å². The van der Waals surface area contributed by atoms with Crippen LogP contribution in [0.25, 0.3) is 0 Å². The minimum Gasteiger partial charge on any atom is -0.495 e. The monoisotopic (exact) mass is 267 g/mol. The van der Waals surface area contributed by atoms with Crippen molar-refractivity contribution in [1.82, 2.24) is 4.90 Å². The molecule has 3 nitrogen and oxygen atoms in total. The van der Waals surface area contributed by atoms with Crippen LogP contribution in [-0.4, -0.2) is 31.0 Å². The molecule has 0 aromatic heterocycles. The van der Waals surface area contributed by atoms with Crippen molar-refractivity contribution in [3.05, 3.63) is 28.8 Å². The van der Waals surface area contributed by atoms with E-state index in [9.17, 15) is 4.79 Å². The molecule has 0 atom stereocenters. The summed E-state index contributed by atoms with van der Waals surface area (Å²) in [7, 11) is 1.58. The van der Waals surface area contributed by atoms with Gasteiger partial charge in [-0.3, -0.25) is 4.79 Å². The number of methoxy groups -OCH3 is 1. The number of hydrogen-bond acceptors (Lipinski definition) is 2. The lowest BCUT2D eigenvalue weighted by Gasteiger charge is -2.26. The van der Waals surface area contributed by atoms with Crippen LogP contribution in [0.2, 0.25) is 5.02 Å². The molecule has 0 bridgehead atoms. The Morgan fingerprint density at radius 3 is 2.67 bits per heavy atom. The number of likely N-dealkylation sites (tertiary alicyclic amines) is 1. The summed E-state index contributed by atoms with van der Waals surface area (Å²) >= 11 is 6.05. The topological polar surface area (TPSA) is 29.5 Å². The van der Waals surface area contributed by atoms with Crippen LogP contribution >= 0.6 is 11.6 Å². The molecule has 1 heterocycles. The fourth-order valence-corrected chi connectivity index (χ4v) is 2.53. The van der Waals surface area contributed by atoms with Crippen LogP contribution in [0.5, 0.6) is 5.75 Å². The zero-order chi connectivity index (χ0) is 13.0. The molecule has 1 amide bonds. The Morgan fingerprint density at radius 2 is 2.06 bits per heavy atom. The number of halogens is 1. The van der Waals surface area contributed by atoms with Gasteiger partial charge in [0.05, 0.1) is 18.6 Å². The first kappa shape index (κ1) is 13.2. The second-order valence-electron chi connectivity index (χ2n) is 4.59. The lowest BCUT2D eigenvalue weighted by atomic mass is 10.1. The van der Waals surface area contributed by atoms with Gasteiger partial charge in [0.15, 0.2) is 0 Å². The third-order valence-corrected chi connectivity index (χ3v) is 3.58. The molecule has 0 unspecified atom stereocenters. The molecule has 0 N–H and O–H groups in total.